The van der Waals surface area contributed by atoms with Gasteiger partial charge in [0.05, 0.1) is 0 Å². The van der Waals surface area contributed by atoms with Gasteiger partial charge in [-0.3, -0.25) is 0 Å². The van der Waals surface area contributed by atoms with E-state index in [1.807, 2.05) is 6.92 Å². The van der Waals surface area contributed by atoms with Gasteiger partial charge in [-0.1, -0.05) is 0 Å². The van der Waals surface area contributed by atoms with E-state index in [0.29, 0.717) is 6.61 Å². The van der Waals surface area contributed by atoms with Gasteiger partial charge in [0.2, 0.25) is 0 Å². The summed E-state index contributed by atoms with van der Waals surface area (Å²) in [7, 11) is -2.31. The molecule has 4 aromatic rings. The summed E-state index contributed by atoms with van der Waals surface area (Å²) >= 11 is 0. The fourth-order valence-corrected chi connectivity index (χ4v) is 8.97. The second kappa shape index (κ2) is 9.07. The first-order chi connectivity index (χ1) is 14.3. The van der Waals surface area contributed by atoms with Crippen LogP contribution in [0.1, 0.15) is 12.5 Å². The topological polar surface area (TPSA) is 9.23 Å². The van der Waals surface area contributed by atoms with E-state index in [1.54, 1.807) is 0 Å². The van der Waals surface area contributed by atoms with Crippen LogP contribution in [-0.4, -0.2) is 6.61 Å². The predicted molar refractivity (Wildman–Crippen MR) is 128 cm³/mol. The standard InChI is InChI=1S/C27H27OP/c1-2-28-27-21-13-12-14-23(27)22-29(24-15-6-3-7-16-24,25-17-8-4-9-18-25)26-19-10-5-11-20-26/h3-21,29H,2,22H2,1H3. The first-order valence-electron chi connectivity index (χ1n) is 10.2. The van der Waals surface area contributed by atoms with Crippen LogP contribution >= 0.6 is 7.26 Å². The summed E-state index contributed by atoms with van der Waals surface area (Å²) in [5, 5.41) is 4.26. The Hall–Kier alpha value is -2.89. The molecule has 0 fully saturated rings. The van der Waals surface area contributed by atoms with E-state index in [0.717, 1.165) is 11.9 Å². The van der Waals surface area contributed by atoms with Gasteiger partial charge in [-0.05, 0) is 0 Å². The van der Waals surface area contributed by atoms with E-state index in [1.165, 1.54) is 21.5 Å². The van der Waals surface area contributed by atoms with Crippen LogP contribution in [0.15, 0.2) is 115 Å². The zero-order chi connectivity index (χ0) is 19.9. The first kappa shape index (κ1) is 19.4. The van der Waals surface area contributed by atoms with Crippen molar-refractivity contribution in [3.8, 4) is 5.75 Å². The molecule has 0 aliphatic rings. The van der Waals surface area contributed by atoms with E-state index in [9.17, 15) is 0 Å². The van der Waals surface area contributed by atoms with Gasteiger partial charge in [0.15, 0.2) is 0 Å². The van der Waals surface area contributed by atoms with Gasteiger partial charge in [-0.25, -0.2) is 0 Å². The molecule has 1 nitrogen and oxygen atoms in total. The van der Waals surface area contributed by atoms with Gasteiger partial charge in [0, 0.05) is 0 Å². The van der Waals surface area contributed by atoms with Crippen LogP contribution in [0.25, 0.3) is 0 Å². The van der Waals surface area contributed by atoms with E-state index in [-0.39, 0.29) is 0 Å². The van der Waals surface area contributed by atoms with Gasteiger partial charge in [-0.15, -0.1) is 0 Å². The van der Waals surface area contributed by atoms with Crippen molar-refractivity contribution < 1.29 is 4.74 Å². The molecule has 0 N–H and O–H groups in total. The normalized spacial score (nSPS) is 11.8. The Labute approximate surface area is 174 Å². The van der Waals surface area contributed by atoms with Gasteiger partial charge in [0.1, 0.15) is 0 Å². The van der Waals surface area contributed by atoms with Crippen LogP contribution in [0.2, 0.25) is 0 Å². The molecule has 2 heteroatoms. The van der Waals surface area contributed by atoms with E-state index >= 15 is 0 Å². The van der Waals surface area contributed by atoms with Crippen molar-refractivity contribution in [1.29, 1.82) is 0 Å². The van der Waals surface area contributed by atoms with E-state index in [2.05, 4.69) is 115 Å². The summed E-state index contributed by atoms with van der Waals surface area (Å²) in [4.78, 5) is 0. The van der Waals surface area contributed by atoms with Gasteiger partial charge in [-0.2, -0.15) is 0 Å². The van der Waals surface area contributed by atoms with Crippen molar-refractivity contribution in [2.24, 2.45) is 0 Å². The fraction of sp³-hybridized carbons (Fsp3) is 0.111. The molecule has 0 bridgehead atoms. The predicted octanol–water partition coefficient (Wildman–Crippen LogP) is 5.31. The third-order valence-corrected chi connectivity index (χ3v) is 10.4. The van der Waals surface area contributed by atoms with Crippen molar-refractivity contribution in [3.63, 3.8) is 0 Å². The molecule has 0 unspecified atom stereocenters. The van der Waals surface area contributed by atoms with Gasteiger partial charge >= 0.3 is 174 Å². The second-order valence-electron chi connectivity index (χ2n) is 7.22. The zero-order valence-corrected chi connectivity index (χ0v) is 17.8. The quantitative estimate of drug-likeness (QED) is 0.383. The Morgan fingerprint density at radius 3 is 1.41 bits per heavy atom. The molecule has 4 aromatic carbocycles. The molecule has 0 aliphatic carbocycles. The Kier molecular flexibility index (Phi) is 6.08. The maximum atomic E-state index is 6.01. The van der Waals surface area contributed by atoms with Crippen LogP contribution in [-0.2, 0) is 6.16 Å². The molecule has 29 heavy (non-hydrogen) atoms. The summed E-state index contributed by atoms with van der Waals surface area (Å²) < 4.78 is 6.01. The molecule has 146 valence electrons. The van der Waals surface area contributed by atoms with Crippen LogP contribution < -0.4 is 20.7 Å². The molecule has 0 atom stereocenters. The summed E-state index contributed by atoms with van der Waals surface area (Å²) in [6, 6.07) is 41.6. The zero-order valence-electron chi connectivity index (χ0n) is 16.8. The fourth-order valence-electron chi connectivity index (χ4n) is 4.21. The molecule has 0 radical (unpaired) electrons. The number of benzene rings is 4. The molecule has 0 aliphatic heterocycles. The van der Waals surface area contributed by atoms with Crippen molar-refractivity contribution in [3.05, 3.63) is 121 Å². The third kappa shape index (κ3) is 3.97. The average molecular weight is 398 g/mol. The monoisotopic (exact) mass is 398 g/mol. The molecular weight excluding hydrogens is 371 g/mol. The summed E-state index contributed by atoms with van der Waals surface area (Å²) in [5.41, 5.74) is 1.28. The van der Waals surface area contributed by atoms with Crippen molar-refractivity contribution in [2.45, 2.75) is 13.1 Å². The molecule has 0 saturated heterocycles. The molecule has 0 amide bonds. The number of rotatable bonds is 7. The number of hydrogen-bond acceptors (Lipinski definition) is 1. The van der Waals surface area contributed by atoms with Crippen LogP contribution in [0.4, 0.5) is 0 Å². The third-order valence-electron chi connectivity index (χ3n) is 5.53. The molecule has 0 saturated carbocycles. The summed E-state index contributed by atoms with van der Waals surface area (Å²) in [6.45, 7) is 2.72. The molecule has 0 spiro atoms. The van der Waals surface area contributed by atoms with E-state index in [4.69, 9.17) is 4.74 Å². The minimum atomic E-state index is -2.31. The Balaban J connectivity index is 1.99. The minimum absolute atomic E-state index is 0.674. The second-order valence-corrected chi connectivity index (χ2v) is 11.1. The molecule has 0 aromatic heterocycles. The Morgan fingerprint density at radius 1 is 0.552 bits per heavy atom. The number of ether oxygens (including phenoxy) is 1. The SMILES string of the molecule is CCOc1ccccc1C[PH](c1ccccc1)(c1ccccc1)c1ccccc1. The van der Waals surface area contributed by atoms with Crippen LogP contribution in [0.3, 0.4) is 0 Å². The van der Waals surface area contributed by atoms with Crippen LogP contribution in [0.5, 0.6) is 5.75 Å². The first-order valence-corrected chi connectivity index (χ1v) is 12.4. The van der Waals surface area contributed by atoms with Crippen molar-refractivity contribution >= 4 is 23.2 Å². The van der Waals surface area contributed by atoms with Crippen molar-refractivity contribution in [1.82, 2.24) is 0 Å². The number of para-hydroxylation sites is 1. The van der Waals surface area contributed by atoms with E-state index < -0.39 is 7.26 Å². The van der Waals surface area contributed by atoms with Crippen LogP contribution in [0, 0.1) is 0 Å². The Morgan fingerprint density at radius 2 is 0.966 bits per heavy atom. The molecule has 0 heterocycles. The Bertz CT molecular complexity index is 933. The van der Waals surface area contributed by atoms with Crippen molar-refractivity contribution in [2.75, 3.05) is 6.61 Å². The van der Waals surface area contributed by atoms with Gasteiger partial charge < -0.3 is 0 Å². The summed E-state index contributed by atoms with van der Waals surface area (Å²) in [5.74, 6) is 0.995. The number of hydrogen-bond donors (Lipinski definition) is 0. The average Bonchev–Trinajstić information content (AvgIpc) is 2.80. The molecular formula is C27H27OP. The summed E-state index contributed by atoms with van der Waals surface area (Å²) in [6.07, 6.45) is 0.960. The van der Waals surface area contributed by atoms with Gasteiger partial charge in [0.25, 0.3) is 0 Å². The molecule has 4 rings (SSSR count). The maximum absolute atomic E-state index is 6.01.